The van der Waals surface area contributed by atoms with Crippen LogP contribution in [0.2, 0.25) is 0 Å². The summed E-state index contributed by atoms with van der Waals surface area (Å²) in [4.78, 5) is 2.48. The van der Waals surface area contributed by atoms with Gasteiger partial charge in [-0.25, -0.2) is 0 Å². The maximum Gasteiger partial charge on any atom is 0.0944 e. The van der Waals surface area contributed by atoms with Gasteiger partial charge in [0.05, 0.1) is 12.2 Å². The summed E-state index contributed by atoms with van der Waals surface area (Å²) in [5, 5.41) is 3.38. The van der Waals surface area contributed by atoms with E-state index in [0.29, 0.717) is 0 Å². The zero-order valence-corrected chi connectivity index (χ0v) is 7.81. The van der Waals surface area contributed by atoms with Gasteiger partial charge in [0, 0.05) is 19.6 Å². The van der Waals surface area contributed by atoms with Crippen molar-refractivity contribution in [2.24, 2.45) is 0 Å². The number of nitrogens with zero attached hydrogens (tertiary/aromatic N) is 1. The van der Waals surface area contributed by atoms with Crippen LogP contribution in [0, 0.1) is 0 Å². The number of ether oxygens (including phenoxy) is 1. The van der Waals surface area contributed by atoms with E-state index in [1.807, 2.05) is 0 Å². The molecule has 0 aromatic carbocycles. The lowest BCUT2D eigenvalue weighted by Gasteiger charge is -2.39. The van der Waals surface area contributed by atoms with Crippen molar-refractivity contribution >= 4 is 0 Å². The fourth-order valence-electron chi connectivity index (χ4n) is 2.17. The second-order valence-electron chi connectivity index (χ2n) is 3.83. The third kappa shape index (κ3) is 1.49. The number of likely N-dealkylation sites (N-methyl/N-ethyl adjacent to an activating group) is 1. The summed E-state index contributed by atoms with van der Waals surface area (Å²) in [5.41, 5.74) is 0.161. The number of nitrogens with one attached hydrogen (secondary N) is 1. The van der Waals surface area contributed by atoms with Gasteiger partial charge < -0.3 is 10.1 Å². The fourth-order valence-corrected chi connectivity index (χ4v) is 2.17. The number of morpholine rings is 1. The molecule has 0 radical (unpaired) electrons. The average Bonchev–Trinajstić information content (AvgIpc) is 2.53. The molecule has 70 valence electrons. The minimum Gasteiger partial charge on any atom is -0.371 e. The molecule has 3 nitrogen and oxygen atoms in total. The number of rotatable bonds is 1. The van der Waals surface area contributed by atoms with Crippen LogP contribution in [-0.2, 0) is 4.74 Å². The Morgan fingerprint density at radius 1 is 1.58 bits per heavy atom. The largest absolute Gasteiger partial charge is 0.371 e. The number of hydrogen-bond donors (Lipinski definition) is 1. The molecule has 12 heavy (non-hydrogen) atoms. The van der Waals surface area contributed by atoms with E-state index >= 15 is 0 Å². The van der Waals surface area contributed by atoms with E-state index in [9.17, 15) is 0 Å². The highest BCUT2D eigenvalue weighted by Gasteiger charge is 2.38. The molecule has 1 unspecified atom stereocenters. The lowest BCUT2D eigenvalue weighted by molar-refractivity contribution is -0.0949. The highest BCUT2D eigenvalue weighted by molar-refractivity contribution is 4.94. The SMILES string of the molecule is CCN1CCOC2(CCNC2)C1. The van der Waals surface area contributed by atoms with Crippen molar-refractivity contribution in [1.29, 1.82) is 0 Å². The monoisotopic (exact) mass is 170 g/mol. The third-order valence-corrected chi connectivity index (χ3v) is 2.98. The van der Waals surface area contributed by atoms with Crippen LogP contribution in [0.25, 0.3) is 0 Å². The Hall–Kier alpha value is -0.120. The molecule has 0 saturated carbocycles. The van der Waals surface area contributed by atoms with E-state index in [2.05, 4.69) is 17.1 Å². The molecule has 2 fully saturated rings. The van der Waals surface area contributed by atoms with Crippen LogP contribution in [0.4, 0.5) is 0 Å². The van der Waals surface area contributed by atoms with Crippen molar-refractivity contribution in [1.82, 2.24) is 10.2 Å². The molecule has 1 atom stereocenters. The molecule has 2 aliphatic heterocycles. The van der Waals surface area contributed by atoms with Gasteiger partial charge in [-0.3, -0.25) is 4.90 Å². The summed E-state index contributed by atoms with van der Waals surface area (Å²) in [6.45, 7) is 8.69. The van der Waals surface area contributed by atoms with Crippen LogP contribution in [-0.4, -0.2) is 49.8 Å². The normalized spacial score (nSPS) is 37.8. The van der Waals surface area contributed by atoms with E-state index in [1.54, 1.807) is 0 Å². The summed E-state index contributed by atoms with van der Waals surface area (Å²) in [6, 6.07) is 0. The van der Waals surface area contributed by atoms with Crippen LogP contribution < -0.4 is 5.32 Å². The smallest absolute Gasteiger partial charge is 0.0944 e. The molecule has 1 spiro atoms. The van der Waals surface area contributed by atoms with Crippen molar-refractivity contribution in [2.75, 3.05) is 39.3 Å². The second-order valence-corrected chi connectivity index (χ2v) is 3.83. The molecule has 3 heteroatoms. The van der Waals surface area contributed by atoms with Gasteiger partial charge in [-0.1, -0.05) is 6.92 Å². The zero-order valence-electron chi connectivity index (χ0n) is 7.81. The highest BCUT2D eigenvalue weighted by Crippen LogP contribution is 2.24. The van der Waals surface area contributed by atoms with Gasteiger partial charge in [-0.05, 0) is 19.5 Å². The summed E-state index contributed by atoms with van der Waals surface area (Å²) < 4.78 is 5.85. The second kappa shape index (κ2) is 3.32. The Bertz CT molecular complexity index is 155. The van der Waals surface area contributed by atoms with Crippen LogP contribution in [0.15, 0.2) is 0 Å². The molecule has 0 aliphatic carbocycles. The van der Waals surface area contributed by atoms with Crippen molar-refractivity contribution in [3.8, 4) is 0 Å². The molecule has 0 aromatic rings. The summed E-state index contributed by atoms with van der Waals surface area (Å²) in [6.07, 6.45) is 1.18. The minimum absolute atomic E-state index is 0.161. The fraction of sp³-hybridized carbons (Fsp3) is 1.00. The predicted molar refractivity (Wildman–Crippen MR) is 48.3 cm³/mol. The topological polar surface area (TPSA) is 24.5 Å². The van der Waals surface area contributed by atoms with E-state index < -0.39 is 0 Å². The van der Waals surface area contributed by atoms with Gasteiger partial charge in [0.25, 0.3) is 0 Å². The molecule has 2 aliphatic rings. The van der Waals surface area contributed by atoms with Crippen molar-refractivity contribution < 1.29 is 4.74 Å². The lowest BCUT2D eigenvalue weighted by atomic mass is 10.0. The van der Waals surface area contributed by atoms with Gasteiger partial charge in [0.1, 0.15) is 0 Å². The van der Waals surface area contributed by atoms with Crippen LogP contribution in [0.3, 0.4) is 0 Å². The standard InChI is InChI=1S/C9H18N2O/c1-2-11-5-6-12-9(8-11)3-4-10-7-9/h10H,2-8H2,1H3. The highest BCUT2D eigenvalue weighted by atomic mass is 16.5. The molecule has 2 rings (SSSR count). The Kier molecular flexibility index (Phi) is 2.35. The van der Waals surface area contributed by atoms with Crippen LogP contribution in [0.1, 0.15) is 13.3 Å². The molecule has 0 bridgehead atoms. The van der Waals surface area contributed by atoms with E-state index in [1.165, 1.54) is 6.42 Å². The predicted octanol–water partition coefficient (Wildman–Crippen LogP) is 0.0706. The van der Waals surface area contributed by atoms with Crippen LogP contribution >= 0.6 is 0 Å². The Morgan fingerprint density at radius 2 is 2.50 bits per heavy atom. The van der Waals surface area contributed by atoms with Gasteiger partial charge in [0.15, 0.2) is 0 Å². The van der Waals surface area contributed by atoms with E-state index in [0.717, 1.165) is 39.3 Å². The van der Waals surface area contributed by atoms with Crippen LogP contribution in [0.5, 0.6) is 0 Å². The minimum atomic E-state index is 0.161. The molecular formula is C9H18N2O. The number of hydrogen-bond acceptors (Lipinski definition) is 3. The van der Waals surface area contributed by atoms with Gasteiger partial charge in [0.2, 0.25) is 0 Å². The van der Waals surface area contributed by atoms with Gasteiger partial charge in [-0.15, -0.1) is 0 Å². The zero-order chi connectivity index (χ0) is 8.44. The Labute approximate surface area is 74.1 Å². The maximum atomic E-state index is 5.85. The van der Waals surface area contributed by atoms with E-state index in [4.69, 9.17) is 4.74 Å². The first-order valence-electron chi connectivity index (χ1n) is 4.92. The summed E-state index contributed by atoms with van der Waals surface area (Å²) in [5.74, 6) is 0. The maximum absolute atomic E-state index is 5.85. The summed E-state index contributed by atoms with van der Waals surface area (Å²) >= 11 is 0. The molecule has 1 N–H and O–H groups in total. The van der Waals surface area contributed by atoms with Crippen molar-refractivity contribution in [3.63, 3.8) is 0 Å². The quantitative estimate of drug-likeness (QED) is 0.603. The molecule has 0 aromatic heterocycles. The van der Waals surface area contributed by atoms with Crippen molar-refractivity contribution in [2.45, 2.75) is 18.9 Å². The van der Waals surface area contributed by atoms with Gasteiger partial charge in [-0.2, -0.15) is 0 Å². The van der Waals surface area contributed by atoms with E-state index in [-0.39, 0.29) is 5.60 Å². The van der Waals surface area contributed by atoms with Crippen molar-refractivity contribution in [3.05, 3.63) is 0 Å². The van der Waals surface area contributed by atoms with Gasteiger partial charge >= 0.3 is 0 Å². The molecule has 2 saturated heterocycles. The summed E-state index contributed by atoms with van der Waals surface area (Å²) in [7, 11) is 0. The molecule has 0 amide bonds. The Balaban J connectivity index is 1.97. The lowest BCUT2D eigenvalue weighted by Crippen LogP contribution is -2.52. The molecule has 2 heterocycles. The average molecular weight is 170 g/mol. The first-order valence-corrected chi connectivity index (χ1v) is 4.92. The molecular weight excluding hydrogens is 152 g/mol. The first kappa shape index (κ1) is 8.48. The first-order chi connectivity index (χ1) is 5.85. The third-order valence-electron chi connectivity index (χ3n) is 2.98. The Morgan fingerprint density at radius 3 is 3.17 bits per heavy atom.